The van der Waals surface area contributed by atoms with Crippen LogP contribution in [0.4, 0.5) is 0 Å². The largest absolute Gasteiger partial charge is 0.508 e. The van der Waals surface area contributed by atoms with Crippen molar-refractivity contribution in [2.45, 2.75) is 32.1 Å². The molecular formula is C17H23ClN2O3. The molecule has 1 aromatic rings. The van der Waals surface area contributed by atoms with E-state index in [2.05, 4.69) is 0 Å². The van der Waals surface area contributed by atoms with Gasteiger partial charge in [0.05, 0.1) is 0 Å². The van der Waals surface area contributed by atoms with Crippen LogP contribution in [0.3, 0.4) is 0 Å². The first-order valence-electron chi connectivity index (χ1n) is 7.96. The summed E-state index contributed by atoms with van der Waals surface area (Å²) in [6.07, 6.45) is 3.80. The second kappa shape index (κ2) is 8.20. The smallest absolute Gasteiger partial charge is 0.249 e. The minimum Gasteiger partial charge on any atom is -0.508 e. The van der Waals surface area contributed by atoms with Gasteiger partial charge in [-0.25, -0.2) is 0 Å². The van der Waals surface area contributed by atoms with E-state index < -0.39 is 5.91 Å². The van der Waals surface area contributed by atoms with E-state index in [0.717, 1.165) is 32.4 Å². The van der Waals surface area contributed by atoms with Crippen molar-refractivity contribution in [1.29, 1.82) is 0 Å². The molecule has 1 saturated heterocycles. The predicted octanol–water partition coefficient (Wildman–Crippen LogP) is 2.29. The Bertz CT molecular complexity index is 569. The summed E-state index contributed by atoms with van der Waals surface area (Å²) in [5, 5.41) is 9.44. The monoisotopic (exact) mass is 338 g/mol. The zero-order valence-corrected chi connectivity index (χ0v) is 13.9. The highest BCUT2D eigenvalue weighted by Crippen LogP contribution is 2.22. The lowest BCUT2D eigenvalue weighted by atomic mass is 9.94. The van der Waals surface area contributed by atoms with Crippen LogP contribution in [0.2, 0.25) is 0 Å². The maximum atomic E-state index is 12.3. The Morgan fingerprint density at radius 2 is 2.00 bits per heavy atom. The molecule has 5 nitrogen and oxygen atoms in total. The third-order valence-electron chi connectivity index (χ3n) is 4.45. The van der Waals surface area contributed by atoms with Gasteiger partial charge in [-0.1, -0.05) is 6.07 Å². The van der Waals surface area contributed by atoms with Crippen molar-refractivity contribution in [3.8, 4) is 5.75 Å². The van der Waals surface area contributed by atoms with Crippen molar-refractivity contribution in [3.05, 3.63) is 29.3 Å². The molecule has 3 N–H and O–H groups in total. The zero-order chi connectivity index (χ0) is 16.8. The number of nitrogens with zero attached hydrogens (tertiary/aromatic N) is 1. The third-order valence-corrected chi connectivity index (χ3v) is 4.67. The molecule has 126 valence electrons. The molecule has 0 aliphatic carbocycles. The Labute approximate surface area is 141 Å². The quantitative estimate of drug-likeness (QED) is 0.780. The van der Waals surface area contributed by atoms with Crippen LogP contribution < -0.4 is 5.73 Å². The number of carbonyl (C=O) groups is 2. The average molecular weight is 339 g/mol. The van der Waals surface area contributed by atoms with E-state index in [1.165, 1.54) is 12.1 Å². The summed E-state index contributed by atoms with van der Waals surface area (Å²) in [6, 6.07) is 4.50. The lowest BCUT2D eigenvalue weighted by Crippen LogP contribution is -2.38. The van der Waals surface area contributed by atoms with Crippen molar-refractivity contribution >= 4 is 23.4 Å². The number of piperidine rings is 1. The van der Waals surface area contributed by atoms with Gasteiger partial charge in [0.1, 0.15) is 5.75 Å². The molecule has 2 rings (SSSR count). The van der Waals surface area contributed by atoms with Crippen molar-refractivity contribution in [2.75, 3.05) is 19.0 Å². The Morgan fingerprint density at radius 1 is 1.30 bits per heavy atom. The minimum absolute atomic E-state index is 0.00441. The van der Waals surface area contributed by atoms with E-state index in [0.29, 0.717) is 30.2 Å². The van der Waals surface area contributed by atoms with Gasteiger partial charge < -0.3 is 15.7 Å². The number of amides is 2. The fourth-order valence-electron chi connectivity index (χ4n) is 3.04. The third kappa shape index (κ3) is 4.86. The maximum Gasteiger partial charge on any atom is 0.249 e. The number of phenolic OH excluding ortho intramolecular Hbond substituents is 1. The molecule has 0 aromatic heterocycles. The van der Waals surface area contributed by atoms with Crippen LogP contribution >= 0.6 is 11.6 Å². The summed E-state index contributed by atoms with van der Waals surface area (Å²) < 4.78 is 0. The highest BCUT2D eigenvalue weighted by Gasteiger charge is 2.22. The fourth-order valence-corrected chi connectivity index (χ4v) is 3.35. The van der Waals surface area contributed by atoms with Crippen LogP contribution in [0.15, 0.2) is 18.2 Å². The first kappa shape index (κ1) is 17.6. The van der Waals surface area contributed by atoms with Crippen LogP contribution in [-0.2, 0) is 11.2 Å². The molecule has 0 spiro atoms. The molecule has 1 fully saturated rings. The molecule has 0 bridgehead atoms. The number of alkyl halides is 1. The lowest BCUT2D eigenvalue weighted by Gasteiger charge is -2.32. The van der Waals surface area contributed by atoms with Gasteiger partial charge in [-0.05, 0) is 49.3 Å². The summed E-state index contributed by atoms with van der Waals surface area (Å²) >= 11 is 5.77. The maximum absolute atomic E-state index is 12.3. The van der Waals surface area contributed by atoms with Gasteiger partial charge in [0, 0.05) is 31.0 Å². The molecule has 1 aliphatic heterocycles. The molecular weight excluding hydrogens is 316 g/mol. The SMILES string of the molecule is NC(=O)c1cc(O)ccc1CCC(=O)N1CCC(CCCl)CC1. The van der Waals surface area contributed by atoms with Crippen molar-refractivity contribution in [2.24, 2.45) is 11.7 Å². The van der Waals surface area contributed by atoms with Gasteiger partial charge in [0.2, 0.25) is 11.8 Å². The van der Waals surface area contributed by atoms with E-state index in [1.807, 2.05) is 4.90 Å². The molecule has 1 aromatic carbocycles. The lowest BCUT2D eigenvalue weighted by molar-refractivity contribution is -0.132. The first-order valence-corrected chi connectivity index (χ1v) is 8.50. The predicted molar refractivity (Wildman–Crippen MR) is 89.6 cm³/mol. The topological polar surface area (TPSA) is 83.6 Å². The Hall–Kier alpha value is -1.75. The second-order valence-electron chi connectivity index (χ2n) is 6.01. The van der Waals surface area contributed by atoms with Gasteiger partial charge in [-0.3, -0.25) is 9.59 Å². The van der Waals surface area contributed by atoms with E-state index in [-0.39, 0.29) is 17.2 Å². The van der Waals surface area contributed by atoms with E-state index in [9.17, 15) is 14.7 Å². The number of hydrogen-bond donors (Lipinski definition) is 2. The van der Waals surface area contributed by atoms with Crippen LogP contribution in [0.1, 0.15) is 41.6 Å². The number of benzene rings is 1. The summed E-state index contributed by atoms with van der Waals surface area (Å²) in [5.41, 5.74) is 6.29. The van der Waals surface area contributed by atoms with Gasteiger partial charge >= 0.3 is 0 Å². The van der Waals surface area contributed by atoms with Crippen molar-refractivity contribution in [1.82, 2.24) is 4.90 Å². The molecule has 23 heavy (non-hydrogen) atoms. The van der Waals surface area contributed by atoms with Crippen molar-refractivity contribution in [3.63, 3.8) is 0 Å². The van der Waals surface area contributed by atoms with E-state index in [4.69, 9.17) is 17.3 Å². The molecule has 0 unspecified atom stereocenters. The number of likely N-dealkylation sites (tertiary alicyclic amines) is 1. The number of halogens is 1. The molecule has 1 aliphatic rings. The number of aromatic hydroxyl groups is 1. The number of carbonyl (C=O) groups excluding carboxylic acids is 2. The highest BCUT2D eigenvalue weighted by atomic mass is 35.5. The normalized spacial score (nSPS) is 15.6. The van der Waals surface area contributed by atoms with Crippen LogP contribution in [0.25, 0.3) is 0 Å². The van der Waals surface area contributed by atoms with Gasteiger partial charge in [0.25, 0.3) is 0 Å². The average Bonchev–Trinajstić information content (AvgIpc) is 2.54. The molecule has 2 amide bonds. The highest BCUT2D eigenvalue weighted by molar-refractivity contribution is 6.17. The Kier molecular flexibility index (Phi) is 6.28. The van der Waals surface area contributed by atoms with Gasteiger partial charge in [0.15, 0.2) is 0 Å². The second-order valence-corrected chi connectivity index (χ2v) is 6.39. The molecule has 6 heteroatoms. The van der Waals surface area contributed by atoms with Crippen LogP contribution in [0, 0.1) is 5.92 Å². The molecule has 0 radical (unpaired) electrons. The summed E-state index contributed by atoms with van der Waals surface area (Å²) in [4.78, 5) is 25.6. The van der Waals surface area contributed by atoms with Crippen LogP contribution in [0.5, 0.6) is 5.75 Å². The van der Waals surface area contributed by atoms with Crippen LogP contribution in [-0.4, -0.2) is 40.8 Å². The summed E-state index contributed by atoms with van der Waals surface area (Å²) in [5.74, 6) is 0.795. The van der Waals surface area contributed by atoms with E-state index >= 15 is 0 Å². The first-order chi connectivity index (χ1) is 11.0. The zero-order valence-electron chi connectivity index (χ0n) is 13.1. The minimum atomic E-state index is -0.592. The van der Waals surface area contributed by atoms with Gasteiger partial charge in [-0.15, -0.1) is 11.6 Å². The molecule has 0 atom stereocenters. The number of rotatable bonds is 6. The molecule has 1 heterocycles. The fraction of sp³-hybridized carbons (Fsp3) is 0.529. The number of nitrogens with two attached hydrogens (primary N) is 1. The Balaban J connectivity index is 1.89. The summed E-state index contributed by atoms with van der Waals surface area (Å²) in [6.45, 7) is 1.55. The summed E-state index contributed by atoms with van der Waals surface area (Å²) in [7, 11) is 0. The number of primary amides is 1. The number of phenols is 1. The number of hydrogen-bond acceptors (Lipinski definition) is 3. The molecule has 0 saturated carbocycles. The van der Waals surface area contributed by atoms with Crippen molar-refractivity contribution < 1.29 is 14.7 Å². The standard InChI is InChI=1S/C17H23ClN2O3/c18-8-5-12-6-9-20(10-7-12)16(22)4-2-13-1-3-14(21)11-15(13)17(19)23/h1,3,11-12,21H,2,4-10H2,(H2,19,23). The number of aryl methyl sites for hydroxylation is 1. The Morgan fingerprint density at radius 3 is 2.61 bits per heavy atom. The van der Waals surface area contributed by atoms with Gasteiger partial charge in [-0.2, -0.15) is 0 Å². The van der Waals surface area contributed by atoms with E-state index in [1.54, 1.807) is 6.07 Å².